The van der Waals surface area contributed by atoms with Gasteiger partial charge in [-0.15, -0.1) is 0 Å². The number of nitrogens with one attached hydrogen (secondary N) is 1. The van der Waals surface area contributed by atoms with E-state index in [2.05, 4.69) is 15.3 Å². The Morgan fingerprint density at radius 1 is 1.25 bits per heavy atom. The molecule has 106 valence electrons. The summed E-state index contributed by atoms with van der Waals surface area (Å²) < 4.78 is 5.33. The molecule has 1 aromatic heterocycles. The van der Waals surface area contributed by atoms with Gasteiger partial charge in [-0.05, 0) is 13.0 Å². The Bertz CT molecular complexity index is 602. The van der Waals surface area contributed by atoms with Crippen LogP contribution in [-0.4, -0.2) is 17.1 Å². The second kappa shape index (κ2) is 6.57. The molecule has 0 amide bonds. The third kappa shape index (κ3) is 3.20. The van der Waals surface area contributed by atoms with Gasteiger partial charge in [-0.3, -0.25) is 0 Å². The average Bonchev–Trinajstić information content (AvgIpc) is 2.48. The first-order valence-electron chi connectivity index (χ1n) is 6.54. The lowest BCUT2D eigenvalue weighted by atomic mass is 10.2. The third-order valence-electron chi connectivity index (χ3n) is 3.09. The number of para-hydroxylation sites is 1. The van der Waals surface area contributed by atoms with Gasteiger partial charge in [0.1, 0.15) is 22.5 Å². The number of hydrogen-bond donors (Lipinski definition) is 1. The van der Waals surface area contributed by atoms with Gasteiger partial charge in [-0.2, -0.15) is 0 Å². The van der Waals surface area contributed by atoms with Crippen molar-refractivity contribution in [1.82, 2.24) is 9.97 Å². The molecule has 0 radical (unpaired) electrons. The monoisotopic (exact) mass is 291 g/mol. The van der Waals surface area contributed by atoms with Crippen LogP contribution in [0, 0.1) is 6.92 Å². The van der Waals surface area contributed by atoms with E-state index >= 15 is 0 Å². The van der Waals surface area contributed by atoms with Crippen LogP contribution in [0.2, 0.25) is 5.15 Å². The summed E-state index contributed by atoms with van der Waals surface area (Å²) in [6, 6.07) is 7.89. The zero-order valence-electron chi connectivity index (χ0n) is 11.9. The van der Waals surface area contributed by atoms with Crippen molar-refractivity contribution in [3.8, 4) is 5.75 Å². The van der Waals surface area contributed by atoms with Crippen LogP contribution in [0.3, 0.4) is 0 Å². The van der Waals surface area contributed by atoms with E-state index < -0.39 is 0 Å². The molecule has 0 aliphatic heterocycles. The molecule has 1 N–H and O–H groups in total. The summed E-state index contributed by atoms with van der Waals surface area (Å²) in [5, 5.41) is 3.80. The van der Waals surface area contributed by atoms with Crippen LogP contribution < -0.4 is 10.1 Å². The van der Waals surface area contributed by atoms with E-state index in [1.54, 1.807) is 7.11 Å². The molecule has 2 rings (SSSR count). The maximum atomic E-state index is 6.12. The molecular weight excluding hydrogens is 274 g/mol. The molecule has 0 fully saturated rings. The number of aromatic nitrogens is 2. The van der Waals surface area contributed by atoms with Gasteiger partial charge >= 0.3 is 0 Å². The lowest BCUT2D eigenvalue weighted by Crippen LogP contribution is -2.07. The minimum Gasteiger partial charge on any atom is -0.496 e. The van der Waals surface area contributed by atoms with E-state index in [0.717, 1.165) is 34.9 Å². The topological polar surface area (TPSA) is 47.0 Å². The predicted molar refractivity (Wildman–Crippen MR) is 81.5 cm³/mol. The Hall–Kier alpha value is -1.81. The Labute approximate surface area is 124 Å². The van der Waals surface area contributed by atoms with Gasteiger partial charge in [0.2, 0.25) is 0 Å². The van der Waals surface area contributed by atoms with Crippen LogP contribution in [0.25, 0.3) is 0 Å². The number of halogens is 1. The highest BCUT2D eigenvalue weighted by Gasteiger charge is 2.09. The second-order valence-electron chi connectivity index (χ2n) is 4.42. The van der Waals surface area contributed by atoms with Gasteiger partial charge in [-0.25, -0.2) is 9.97 Å². The van der Waals surface area contributed by atoms with Crippen LogP contribution in [0.5, 0.6) is 5.75 Å². The minimum atomic E-state index is 0.499. The maximum absolute atomic E-state index is 6.12. The number of methoxy groups -OCH3 is 1. The zero-order valence-corrected chi connectivity index (χ0v) is 12.7. The first-order chi connectivity index (χ1) is 9.65. The third-order valence-corrected chi connectivity index (χ3v) is 3.46. The van der Waals surface area contributed by atoms with E-state index in [4.69, 9.17) is 16.3 Å². The number of benzene rings is 1. The summed E-state index contributed by atoms with van der Waals surface area (Å²) in [5.74, 6) is 2.37. The average molecular weight is 292 g/mol. The van der Waals surface area contributed by atoms with Gasteiger partial charge in [0, 0.05) is 24.1 Å². The number of hydrogen-bond acceptors (Lipinski definition) is 4. The van der Waals surface area contributed by atoms with Crippen molar-refractivity contribution < 1.29 is 4.74 Å². The first-order valence-corrected chi connectivity index (χ1v) is 6.92. The maximum Gasteiger partial charge on any atom is 0.137 e. The summed E-state index contributed by atoms with van der Waals surface area (Å²) in [6.45, 7) is 4.54. The SMILES string of the molecule is CCc1nc(Cl)c(C)c(NCc2ccccc2OC)n1. The Morgan fingerprint density at radius 3 is 2.70 bits per heavy atom. The van der Waals surface area contributed by atoms with Crippen LogP contribution in [0.1, 0.15) is 23.9 Å². The number of ether oxygens (including phenoxy) is 1. The predicted octanol–water partition coefficient (Wildman–Crippen LogP) is 3.62. The molecule has 4 nitrogen and oxygen atoms in total. The van der Waals surface area contributed by atoms with Crippen molar-refractivity contribution in [3.63, 3.8) is 0 Å². The fourth-order valence-corrected chi connectivity index (χ4v) is 2.08. The van der Waals surface area contributed by atoms with Gasteiger partial charge in [0.25, 0.3) is 0 Å². The lowest BCUT2D eigenvalue weighted by Gasteiger charge is -2.13. The largest absolute Gasteiger partial charge is 0.496 e. The smallest absolute Gasteiger partial charge is 0.137 e. The molecule has 0 aliphatic rings. The van der Waals surface area contributed by atoms with Gasteiger partial charge < -0.3 is 10.1 Å². The fourth-order valence-electron chi connectivity index (χ4n) is 1.89. The van der Waals surface area contributed by atoms with Crippen molar-refractivity contribution in [3.05, 3.63) is 46.4 Å². The molecular formula is C15H18ClN3O. The van der Waals surface area contributed by atoms with Crippen molar-refractivity contribution in [1.29, 1.82) is 0 Å². The highest BCUT2D eigenvalue weighted by Crippen LogP contribution is 2.23. The summed E-state index contributed by atoms with van der Waals surface area (Å²) in [7, 11) is 1.67. The highest BCUT2D eigenvalue weighted by molar-refractivity contribution is 6.30. The molecule has 0 saturated carbocycles. The molecule has 1 heterocycles. The second-order valence-corrected chi connectivity index (χ2v) is 4.78. The summed E-state index contributed by atoms with van der Waals surface area (Å²) in [5.41, 5.74) is 1.93. The molecule has 5 heteroatoms. The van der Waals surface area contributed by atoms with E-state index in [1.807, 2.05) is 38.1 Å². The molecule has 0 spiro atoms. The number of nitrogens with zero attached hydrogens (tertiary/aromatic N) is 2. The highest BCUT2D eigenvalue weighted by atomic mass is 35.5. The van der Waals surface area contributed by atoms with Crippen molar-refractivity contribution in [2.24, 2.45) is 0 Å². The molecule has 0 bridgehead atoms. The molecule has 20 heavy (non-hydrogen) atoms. The van der Waals surface area contributed by atoms with E-state index in [1.165, 1.54) is 0 Å². The number of aryl methyl sites for hydroxylation is 1. The summed E-state index contributed by atoms with van der Waals surface area (Å²) in [4.78, 5) is 8.70. The fraction of sp³-hybridized carbons (Fsp3) is 0.333. The Morgan fingerprint density at radius 2 is 2.00 bits per heavy atom. The van der Waals surface area contributed by atoms with E-state index in [0.29, 0.717) is 11.7 Å². The van der Waals surface area contributed by atoms with E-state index in [9.17, 15) is 0 Å². The molecule has 2 aromatic rings. The lowest BCUT2D eigenvalue weighted by molar-refractivity contribution is 0.410. The number of anilines is 1. The minimum absolute atomic E-state index is 0.499. The molecule has 1 aromatic carbocycles. The van der Waals surface area contributed by atoms with Crippen molar-refractivity contribution in [2.45, 2.75) is 26.8 Å². The normalized spacial score (nSPS) is 10.4. The Balaban J connectivity index is 2.20. The van der Waals surface area contributed by atoms with Crippen molar-refractivity contribution >= 4 is 17.4 Å². The quantitative estimate of drug-likeness (QED) is 0.855. The molecule has 0 saturated heterocycles. The van der Waals surface area contributed by atoms with Crippen LogP contribution in [0.4, 0.5) is 5.82 Å². The van der Waals surface area contributed by atoms with Crippen LogP contribution in [0.15, 0.2) is 24.3 Å². The molecule has 0 aliphatic carbocycles. The summed E-state index contributed by atoms with van der Waals surface area (Å²) in [6.07, 6.45) is 0.753. The first kappa shape index (κ1) is 14.6. The standard InChI is InChI=1S/C15H18ClN3O/c1-4-13-18-14(16)10(2)15(19-13)17-9-11-7-5-6-8-12(11)20-3/h5-8H,4,9H2,1-3H3,(H,17,18,19). The van der Waals surface area contributed by atoms with Gasteiger partial charge in [0.15, 0.2) is 0 Å². The molecule has 0 unspecified atom stereocenters. The number of rotatable bonds is 5. The van der Waals surface area contributed by atoms with Crippen molar-refractivity contribution in [2.75, 3.05) is 12.4 Å². The van der Waals surface area contributed by atoms with Gasteiger partial charge in [0.05, 0.1) is 7.11 Å². The van der Waals surface area contributed by atoms with Crippen LogP contribution in [-0.2, 0) is 13.0 Å². The molecule has 0 atom stereocenters. The zero-order chi connectivity index (χ0) is 14.5. The van der Waals surface area contributed by atoms with Crippen LogP contribution >= 0.6 is 11.6 Å². The Kier molecular flexibility index (Phi) is 4.79. The summed E-state index contributed by atoms with van der Waals surface area (Å²) >= 11 is 6.12. The van der Waals surface area contributed by atoms with E-state index in [-0.39, 0.29) is 0 Å². The van der Waals surface area contributed by atoms with Gasteiger partial charge in [-0.1, -0.05) is 36.7 Å².